The van der Waals surface area contributed by atoms with Crippen molar-refractivity contribution in [3.05, 3.63) is 64.2 Å². The van der Waals surface area contributed by atoms with Crippen LogP contribution in [0.4, 0.5) is 24.8 Å². The molecule has 2 aliphatic carbocycles. The van der Waals surface area contributed by atoms with Gasteiger partial charge in [-0.2, -0.15) is 13.2 Å². The van der Waals surface area contributed by atoms with Crippen LogP contribution in [0.25, 0.3) is 0 Å². The number of amides is 1. The van der Waals surface area contributed by atoms with Crippen molar-refractivity contribution < 1.29 is 27.5 Å². The van der Waals surface area contributed by atoms with E-state index in [-0.39, 0.29) is 40.9 Å². The number of carbonyl (C=O) groups is 2. The summed E-state index contributed by atoms with van der Waals surface area (Å²) >= 11 is 0. The molecule has 1 aromatic carbocycles. The summed E-state index contributed by atoms with van der Waals surface area (Å²) in [6.07, 6.45) is 3.70. The van der Waals surface area contributed by atoms with Gasteiger partial charge in [0, 0.05) is 55.2 Å². The highest BCUT2D eigenvalue weighted by Gasteiger charge is 2.49. The number of hydrogen-bond donors (Lipinski definition) is 2. The van der Waals surface area contributed by atoms with Gasteiger partial charge in [-0.1, -0.05) is 13.3 Å². The smallest absolute Gasteiger partial charge is 0.416 e. The molecular formula is C37H47F3N8O3. The number of nitrogens with one attached hydrogen (secondary N) is 2. The maximum Gasteiger partial charge on any atom is 0.416 e. The number of fused-ring (bicyclic) bond motifs is 1. The average Bonchev–Trinajstić information content (AvgIpc) is 3.59. The number of rotatable bonds is 13. The summed E-state index contributed by atoms with van der Waals surface area (Å²) in [5.74, 6) is 1.44. The number of halogens is 3. The molecule has 51 heavy (non-hydrogen) atoms. The lowest BCUT2D eigenvalue weighted by molar-refractivity contribution is -0.142. The van der Waals surface area contributed by atoms with Gasteiger partial charge in [0.05, 0.1) is 5.56 Å². The van der Waals surface area contributed by atoms with E-state index in [4.69, 9.17) is 9.72 Å². The maximum absolute atomic E-state index is 14.8. The van der Waals surface area contributed by atoms with Crippen molar-refractivity contribution in [2.45, 2.75) is 102 Å². The van der Waals surface area contributed by atoms with Crippen molar-refractivity contribution in [2.24, 2.45) is 13.0 Å². The predicted octanol–water partition coefficient (Wildman–Crippen LogP) is 5.90. The Hall–Kier alpha value is -4.04. The Balaban J connectivity index is 1.26. The summed E-state index contributed by atoms with van der Waals surface area (Å²) in [5, 5.41) is 15.2. The third kappa shape index (κ3) is 7.09. The molecule has 0 radical (unpaired) electrons. The molecule has 2 N–H and O–H groups in total. The molecule has 1 atom stereocenters. The van der Waals surface area contributed by atoms with E-state index in [1.54, 1.807) is 12.4 Å². The number of pyridine rings is 1. The number of hydrogen-bond acceptors (Lipinski definition) is 9. The molecule has 2 aliphatic heterocycles. The number of carbonyl (C=O) groups excluding carboxylic acids is 2. The molecule has 11 nitrogen and oxygen atoms in total. The number of aryl methyl sites for hydroxylation is 1. The third-order valence-corrected chi connectivity index (χ3v) is 11.7. The monoisotopic (exact) mass is 708 g/mol. The van der Waals surface area contributed by atoms with Gasteiger partial charge in [0.2, 0.25) is 6.23 Å². The van der Waals surface area contributed by atoms with Gasteiger partial charge >= 0.3 is 6.18 Å². The molecular weight excluding hydrogens is 661 g/mol. The minimum Gasteiger partial charge on any atom is -0.439 e. The molecule has 0 spiro atoms. The Morgan fingerprint density at radius 2 is 1.82 bits per heavy atom. The Labute approximate surface area is 296 Å². The normalized spacial score (nSPS) is 21.6. The fourth-order valence-corrected chi connectivity index (χ4v) is 8.07. The van der Waals surface area contributed by atoms with E-state index in [1.807, 2.05) is 24.6 Å². The van der Waals surface area contributed by atoms with Crippen LogP contribution < -0.4 is 15.5 Å². The highest BCUT2D eigenvalue weighted by Crippen LogP contribution is 2.49. The number of benzene rings is 1. The van der Waals surface area contributed by atoms with Gasteiger partial charge < -0.3 is 24.8 Å². The molecule has 2 aromatic heterocycles. The number of piperidine rings is 1. The van der Waals surface area contributed by atoms with E-state index in [2.05, 4.69) is 32.7 Å². The second kappa shape index (κ2) is 13.8. The van der Waals surface area contributed by atoms with Crippen molar-refractivity contribution in [1.29, 1.82) is 0 Å². The lowest BCUT2D eigenvalue weighted by atomic mass is 9.62. The zero-order valence-corrected chi connectivity index (χ0v) is 29.6. The van der Waals surface area contributed by atoms with Crippen molar-refractivity contribution in [1.82, 2.24) is 30.0 Å². The highest BCUT2D eigenvalue weighted by atomic mass is 19.4. The van der Waals surface area contributed by atoms with Crippen molar-refractivity contribution in [3.8, 4) is 0 Å². The molecule has 3 aromatic rings. The molecule has 1 saturated heterocycles. The Kier molecular flexibility index (Phi) is 9.59. The SMILES string of the molecule is CC1CCN(CCNc2cc(C3(Cc4nncn4C)CCC3)cc(N3C(=O)c4cc(CNC5(C)CCC5)cc(C(F)(F)F)c4C3OC=O)n2)CC1. The number of likely N-dealkylation sites (tertiary alicyclic amines) is 1. The number of anilines is 2. The standard InChI is InChI=1S/C37H47F3N8O3/c1-24-6-13-47(14-7-24)15-12-41-29-18-26(36(10-5-11-36)20-31-45-43-22-46(31)3)19-30(44-29)48-33(50)27-16-25(21-42-35(2)8-4-9-35)17-28(37(38,39)40)32(27)34(48)51-23-49/h16-19,22-24,34,42H,4-15,20-21H2,1-3H3,(H,41,44). The largest absolute Gasteiger partial charge is 0.439 e. The minimum absolute atomic E-state index is 0.0943. The summed E-state index contributed by atoms with van der Waals surface area (Å²) < 4.78 is 51.6. The molecule has 3 fully saturated rings. The average molecular weight is 709 g/mol. The molecule has 14 heteroatoms. The van der Waals surface area contributed by atoms with Gasteiger partial charge in [-0.15, -0.1) is 10.2 Å². The predicted molar refractivity (Wildman–Crippen MR) is 185 cm³/mol. The second-order valence-corrected chi connectivity index (χ2v) is 15.3. The summed E-state index contributed by atoms with van der Waals surface area (Å²) in [6.45, 7) is 8.01. The fourth-order valence-electron chi connectivity index (χ4n) is 8.07. The van der Waals surface area contributed by atoms with Crippen LogP contribution in [0.15, 0.2) is 30.6 Å². The fraction of sp³-hybridized carbons (Fsp3) is 0.595. The first-order valence-electron chi connectivity index (χ1n) is 18.1. The third-order valence-electron chi connectivity index (χ3n) is 11.7. The Bertz CT molecular complexity index is 1760. The summed E-state index contributed by atoms with van der Waals surface area (Å²) in [5.41, 5.74) is -0.799. The number of nitrogens with zero attached hydrogens (tertiary/aromatic N) is 6. The van der Waals surface area contributed by atoms with Gasteiger partial charge in [-0.05, 0) is 106 Å². The molecule has 1 unspecified atom stereocenters. The van der Waals surface area contributed by atoms with E-state index < -0.39 is 23.9 Å². The van der Waals surface area contributed by atoms with Crippen LogP contribution in [0.3, 0.4) is 0 Å². The van der Waals surface area contributed by atoms with E-state index in [1.165, 1.54) is 6.07 Å². The van der Waals surface area contributed by atoms with E-state index in [0.29, 0.717) is 30.3 Å². The molecule has 0 bridgehead atoms. The molecule has 1 amide bonds. The first-order valence-corrected chi connectivity index (χ1v) is 18.1. The number of ether oxygens (including phenoxy) is 1. The van der Waals surface area contributed by atoms with Crippen molar-refractivity contribution in [3.63, 3.8) is 0 Å². The van der Waals surface area contributed by atoms with Crippen molar-refractivity contribution >= 4 is 24.0 Å². The van der Waals surface area contributed by atoms with Crippen LogP contribution in [0.1, 0.15) is 110 Å². The van der Waals surface area contributed by atoms with E-state index >= 15 is 0 Å². The lowest BCUT2D eigenvalue weighted by Gasteiger charge is -2.42. The first-order chi connectivity index (χ1) is 24.4. The van der Waals surface area contributed by atoms with Gasteiger partial charge in [0.25, 0.3) is 12.4 Å². The maximum atomic E-state index is 14.8. The van der Waals surface area contributed by atoms with Crippen LogP contribution in [0.2, 0.25) is 0 Å². The number of alkyl halides is 3. The second-order valence-electron chi connectivity index (χ2n) is 15.3. The zero-order valence-electron chi connectivity index (χ0n) is 29.6. The molecule has 4 aliphatic rings. The van der Waals surface area contributed by atoms with Crippen molar-refractivity contribution in [2.75, 3.05) is 36.4 Å². The molecule has 7 rings (SSSR count). The van der Waals surface area contributed by atoms with E-state index in [0.717, 1.165) is 93.4 Å². The Morgan fingerprint density at radius 1 is 1.08 bits per heavy atom. The first kappa shape index (κ1) is 35.4. The summed E-state index contributed by atoms with van der Waals surface area (Å²) in [7, 11) is 1.89. The molecule has 4 heterocycles. The lowest BCUT2D eigenvalue weighted by Crippen LogP contribution is -2.47. The van der Waals surface area contributed by atoms with Gasteiger partial charge in [-0.3, -0.25) is 14.5 Å². The van der Waals surface area contributed by atoms with Crippen LogP contribution in [0.5, 0.6) is 0 Å². The zero-order chi connectivity index (χ0) is 36.0. The summed E-state index contributed by atoms with van der Waals surface area (Å²) in [6, 6.07) is 6.30. The van der Waals surface area contributed by atoms with Crippen LogP contribution in [-0.4, -0.2) is 68.7 Å². The molecule has 2 saturated carbocycles. The highest BCUT2D eigenvalue weighted by molar-refractivity contribution is 6.11. The number of aromatic nitrogens is 4. The van der Waals surface area contributed by atoms with Crippen LogP contribution >= 0.6 is 0 Å². The van der Waals surface area contributed by atoms with Gasteiger partial charge in [-0.25, -0.2) is 4.98 Å². The van der Waals surface area contributed by atoms with Gasteiger partial charge in [0.15, 0.2) is 0 Å². The Morgan fingerprint density at radius 3 is 2.43 bits per heavy atom. The van der Waals surface area contributed by atoms with E-state index in [9.17, 15) is 22.8 Å². The quantitative estimate of drug-likeness (QED) is 0.209. The van der Waals surface area contributed by atoms with Crippen LogP contribution in [0, 0.1) is 5.92 Å². The minimum atomic E-state index is -4.80. The topological polar surface area (TPSA) is 118 Å². The van der Waals surface area contributed by atoms with Gasteiger partial charge in [0.1, 0.15) is 23.8 Å². The van der Waals surface area contributed by atoms with Crippen LogP contribution in [-0.2, 0) is 41.1 Å². The molecule has 274 valence electrons. The summed E-state index contributed by atoms with van der Waals surface area (Å²) in [4.78, 5) is 34.6.